The van der Waals surface area contributed by atoms with E-state index in [4.69, 9.17) is 4.74 Å². The summed E-state index contributed by atoms with van der Waals surface area (Å²) in [6.45, 7) is 8.34. The van der Waals surface area contributed by atoms with E-state index in [1.165, 1.54) is 11.8 Å². The maximum absolute atomic E-state index is 12.7. The number of rotatable bonds is 7. The van der Waals surface area contributed by atoms with Crippen LogP contribution in [0.1, 0.15) is 45.6 Å². The Labute approximate surface area is 199 Å². The zero-order valence-electron chi connectivity index (χ0n) is 19.8. The molecular formula is C27H27N5O2. The van der Waals surface area contributed by atoms with Crippen LogP contribution in [-0.4, -0.2) is 20.5 Å². The molecule has 1 amide bonds. The van der Waals surface area contributed by atoms with Gasteiger partial charge in [-0.1, -0.05) is 29.8 Å². The SMILES string of the molecule is Cc1cccc(COc2ccc(NC(=O)CCc3c(C)nc4c(C#N)cnn4c3C)c(C)c2)c1. The monoisotopic (exact) mass is 453 g/mol. The number of anilines is 1. The van der Waals surface area contributed by atoms with Gasteiger partial charge in [-0.05, 0) is 69.0 Å². The Morgan fingerprint density at radius 2 is 1.97 bits per heavy atom. The lowest BCUT2D eigenvalue weighted by Gasteiger charge is -2.13. The second-order valence-electron chi connectivity index (χ2n) is 8.47. The van der Waals surface area contributed by atoms with Gasteiger partial charge in [0.15, 0.2) is 5.65 Å². The first-order chi connectivity index (χ1) is 16.4. The average molecular weight is 454 g/mol. The first-order valence-corrected chi connectivity index (χ1v) is 11.2. The lowest BCUT2D eigenvalue weighted by Crippen LogP contribution is -2.15. The minimum Gasteiger partial charge on any atom is -0.489 e. The molecule has 0 spiro atoms. The van der Waals surface area contributed by atoms with Crippen LogP contribution in [0, 0.1) is 39.0 Å². The highest BCUT2D eigenvalue weighted by Crippen LogP contribution is 2.23. The number of benzene rings is 2. The van der Waals surface area contributed by atoms with E-state index in [0.717, 1.165) is 39.5 Å². The highest BCUT2D eigenvalue weighted by Gasteiger charge is 2.15. The Bertz CT molecular complexity index is 1410. The van der Waals surface area contributed by atoms with Gasteiger partial charge in [0.1, 0.15) is 24.0 Å². The number of carbonyl (C=O) groups is 1. The molecule has 0 atom stereocenters. The summed E-state index contributed by atoms with van der Waals surface area (Å²) in [5.41, 5.74) is 7.67. The smallest absolute Gasteiger partial charge is 0.224 e. The standard InChI is InChI=1S/C27H27N5O2/c1-17-6-5-7-21(12-17)16-34-23-8-10-25(18(2)13-23)31-26(33)11-9-24-19(3)30-27-22(14-28)15-29-32(27)20(24)4/h5-8,10,12-13,15H,9,11,16H2,1-4H3,(H,31,33). The van der Waals surface area contributed by atoms with Crippen LogP contribution in [0.2, 0.25) is 0 Å². The molecule has 7 nitrogen and oxygen atoms in total. The normalized spacial score (nSPS) is 10.8. The molecule has 0 aliphatic heterocycles. The Hall–Kier alpha value is -4.18. The summed E-state index contributed by atoms with van der Waals surface area (Å²) in [7, 11) is 0. The number of nitrogens with one attached hydrogen (secondary N) is 1. The third-order valence-corrected chi connectivity index (χ3v) is 5.89. The molecule has 172 valence electrons. The summed E-state index contributed by atoms with van der Waals surface area (Å²) in [5.74, 6) is 0.687. The van der Waals surface area contributed by atoms with Gasteiger partial charge in [0, 0.05) is 23.5 Å². The molecule has 2 aromatic carbocycles. The van der Waals surface area contributed by atoms with E-state index in [9.17, 15) is 10.1 Å². The lowest BCUT2D eigenvalue weighted by molar-refractivity contribution is -0.116. The molecule has 34 heavy (non-hydrogen) atoms. The van der Waals surface area contributed by atoms with Gasteiger partial charge in [-0.15, -0.1) is 0 Å². The van der Waals surface area contributed by atoms with E-state index in [0.29, 0.717) is 30.7 Å². The minimum atomic E-state index is -0.0754. The minimum absolute atomic E-state index is 0.0754. The Balaban J connectivity index is 1.38. The number of aryl methyl sites for hydroxylation is 4. The van der Waals surface area contributed by atoms with Gasteiger partial charge < -0.3 is 10.1 Å². The van der Waals surface area contributed by atoms with Crippen molar-refractivity contribution < 1.29 is 9.53 Å². The van der Waals surface area contributed by atoms with Crippen molar-refractivity contribution in [2.45, 2.75) is 47.1 Å². The average Bonchev–Trinajstić information content (AvgIpc) is 3.22. The van der Waals surface area contributed by atoms with Gasteiger partial charge in [0.2, 0.25) is 5.91 Å². The predicted octanol–water partition coefficient (Wildman–Crippen LogP) is 4.98. The van der Waals surface area contributed by atoms with Crippen molar-refractivity contribution in [1.29, 1.82) is 5.26 Å². The van der Waals surface area contributed by atoms with Crippen LogP contribution in [0.25, 0.3) is 5.65 Å². The predicted molar refractivity (Wildman–Crippen MR) is 131 cm³/mol. The van der Waals surface area contributed by atoms with E-state index in [1.54, 1.807) is 4.52 Å². The summed E-state index contributed by atoms with van der Waals surface area (Å²) in [6, 6.07) is 16.0. The number of nitrogens with zero attached hydrogens (tertiary/aromatic N) is 4. The van der Waals surface area contributed by atoms with Gasteiger partial charge in [-0.3, -0.25) is 4.79 Å². The molecule has 0 aliphatic rings. The molecule has 0 aliphatic carbocycles. The zero-order chi connectivity index (χ0) is 24.2. The van der Waals surface area contributed by atoms with Crippen molar-refractivity contribution in [3.8, 4) is 11.8 Å². The quantitative estimate of drug-likeness (QED) is 0.426. The molecular weight excluding hydrogens is 426 g/mol. The zero-order valence-corrected chi connectivity index (χ0v) is 19.8. The highest BCUT2D eigenvalue weighted by atomic mass is 16.5. The first-order valence-electron chi connectivity index (χ1n) is 11.2. The van der Waals surface area contributed by atoms with Gasteiger partial charge in [0.25, 0.3) is 0 Å². The van der Waals surface area contributed by atoms with E-state index < -0.39 is 0 Å². The summed E-state index contributed by atoms with van der Waals surface area (Å²) in [6.07, 6.45) is 2.36. The van der Waals surface area contributed by atoms with Gasteiger partial charge in [-0.25, -0.2) is 9.50 Å². The van der Waals surface area contributed by atoms with Crippen LogP contribution in [0.4, 0.5) is 5.69 Å². The fraction of sp³-hybridized carbons (Fsp3) is 0.259. The number of hydrogen-bond acceptors (Lipinski definition) is 5. The molecule has 0 saturated carbocycles. The lowest BCUT2D eigenvalue weighted by atomic mass is 10.1. The van der Waals surface area contributed by atoms with Crippen molar-refractivity contribution in [1.82, 2.24) is 14.6 Å². The topological polar surface area (TPSA) is 92.3 Å². The third-order valence-electron chi connectivity index (χ3n) is 5.89. The Morgan fingerprint density at radius 1 is 1.15 bits per heavy atom. The van der Waals surface area contributed by atoms with Crippen LogP contribution in [0.3, 0.4) is 0 Å². The second-order valence-corrected chi connectivity index (χ2v) is 8.47. The number of fused-ring (bicyclic) bond motifs is 1. The van der Waals surface area contributed by atoms with E-state index >= 15 is 0 Å². The maximum Gasteiger partial charge on any atom is 0.224 e. The number of hydrogen-bond donors (Lipinski definition) is 1. The van der Waals surface area contributed by atoms with Crippen LogP contribution < -0.4 is 10.1 Å². The summed E-state index contributed by atoms with van der Waals surface area (Å²) < 4.78 is 7.58. The number of amides is 1. The molecule has 4 rings (SSSR count). The van der Waals surface area contributed by atoms with Crippen LogP contribution >= 0.6 is 0 Å². The highest BCUT2D eigenvalue weighted by molar-refractivity contribution is 5.91. The van der Waals surface area contributed by atoms with Gasteiger partial charge >= 0.3 is 0 Å². The number of nitriles is 1. The number of ether oxygens (including phenoxy) is 1. The van der Waals surface area contributed by atoms with Gasteiger partial charge in [-0.2, -0.15) is 10.4 Å². The van der Waals surface area contributed by atoms with Crippen molar-refractivity contribution in [3.63, 3.8) is 0 Å². The number of aromatic nitrogens is 3. The first kappa shape index (κ1) is 23.0. The van der Waals surface area contributed by atoms with E-state index in [-0.39, 0.29) is 5.91 Å². The number of carbonyl (C=O) groups excluding carboxylic acids is 1. The molecule has 0 radical (unpaired) electrons. The van der Waals surface area contributed by atoms with Crippen molar-refractivity contribution in [2.24, 2.45) is 0 Å². The summed E-state index contributed by atoms with van der Waals surface area (Å²) >= 11 is 0. The summed E-state index contributed by atoms with van der Waals surface area (Å²) in [4.78, 5) is 17.2. The van der Waals surface area contributed by atoms with Gasteiger partial charge in [0.05, 0.1) is 6.20 Å². The molecule has 0 unspecified atom stereocenters. The second kappa shape index (κ2) is 9.75. The van der Waals surface area contributed by atoms with E-state index in [1.807, 2.05) is 51.1 Å². The fourth-order valence-corrected chi connectivity index (χ4v) is 4.04. The van der Waals surface area contributed by atoms with Crippen molar-refractivity contribution in [3.05, 3.63) is 87.9 Å². The molecule has 1 N–H and O–H groups in total. The molecule has 7 heteroatoms. The van der Waals surface area contributed by atoms with Crippen molar-refractivity contribution in [2.75, 3.05) is 5.32 Å². The third kappa shape index (κ3) is 4.91. The van der Waals surface area contributed by atoms with Crippen LogP contribution in [0.15, 0.2) is 48.7 Å². The van der Waals surface area contributed by atoms with E-state index in [2.05, 4.69) is 40.5 Å². The molecule has 2 heterocycles. The fourth-order valence-electron chi connectivity index (χ4n) is 4.04. The van der Waals surface area contributed by atoms with Crippen LogP contribution in [0.5, 0.6) is 5.75 Å². The molecule has 0 saturated heterocycles. The maximum atomic E-state index is 12.7. The molecule has 2 aromatic heterocycles. The van der Waals surface area contributed by atoms with Crippen LogP contribution in [-0.2, 0) is 17.8 Å². The van der Waals surface area contributed by atoms with Crippen molar-refractivity contribution >= 4 is 17.2 Å². The summed E-state index contributed by atoms with van der Waals surface area (Å²) in [5, 5.41) is 16.5. The Kier molecular flexibility index (Phi) is 6.60. The molecule has 0 bridgehead atoms. The Morgan fingerprint density at radius 3 is 2.71 bits per heavy atom. The molecule has 4 aromatic rings. The molecule has 0 fully saturated rings. The largest absolute Gasteiger partial charge is 0.489 e.